The van der Waals surface area contributed by atoms with Gasteiger partial charge in [0.25, 0.3) is 0 Å². The van der Waals surface area contributed by atoms with Crippen LogP contribution in [0, 0.1) is 0 Å². The maximum Gasteiger partial charge on any atom is 0.143 e. The molecule has 0 saturated heterocycles. The summed E-state index contributed by atoms with van der Waals surface area (Å²) < 4.78 is 12.6. The molecule has 10 aromatic carbocycles. The smallest absolute Gasteiger partial charge is 0.143 e. The van der Waals surface area contributed by atoms with Gasteiger partial charge in [0.2, 0.25) is 0 Å². The van der Waals surface area contributed by atoms with Gasteiger partial charge < -0.3 is 13.7 Å². The van der Waals surface area contributed by atoms with Crippen LogP contribution in [0.25, 0.3) is 99.5 Å². The molecule has 0 N–H and O–H groups in total. The van der Waals surface area contributed by atoms with Crippen molar-refractivity contribution in [1.82, 2.24) is 0 Å². The third-order valence-electron chi connectivity index (χ3n) is 12.3. The second-order valence-electron chi connectivity index (χ2n) is 16.1. The Kier molecular flexibility index (Phi) is 8.83. The summed E-state index contributed by atoms with van der Waals surface area (Å²) in [7, 11) is 0. The summed E-state index contributed by atoms with van der Waals surface area (Å²) in [4.78, 5) is 2.34. The quantitative estimate of drug-likeness (QED) is 0.153. The Morgan fingerprint density at radius 3 is 1.22 bits per heavy atom. The first-order valence-electron chi connectivity index (χ1n) is 21.4. The van der Waals surface area contributed by atoms with Gasteiger partial charge in [0.05, 0.1) is 0 Å². The second kappa shape index (κ2) is 15.3. The third-order valence-corrected chi connectivity index (χ3v) is 12.3. The molecule has 0 aliphatic carbocycles. The van der Waals surface area contributed by atoms with Gasteiger partial charge in [0, 0.05) is 44.2 Å². The molecule has 12 aromatic rings. The standard InChI is InChI=1S/C60H39NO2/c1-3-12-40(13-4-1)46-36-47(41-14-5-2-6-15-41)38-48(37-46)43-24-31-50(32-25-43)61(49-29-22-42(23-30-49)45-28-35-59-56(39-45)54-17-8-9-20-57(54)62-59)51-33-26-44(27-34-51)52-18-11-19-55-53-16-7-10-21-58(53)63-60(52)55/h1-39H. The van der Waals surface area contributed by atoms with Crippen LogP contribution in [-0.4, -0.2) is 0 Å². The molecule has 0 spiro atoms. The van der Waals surface area contributed by atoms with Crippen molar-refractivity contribution < 1.29 is 8.83 Å². The Hall–Kier alpha value is -8.40. The molecule has 63 heavy (non-hydrogen) atoms. The fraction of sp³-hybridized carbons (Fsp3) is 0. The Morgan fingerprint density at radius 1 is 0.238 bits per heavy atom. The van der Waals surface area contributed by atoms with Gasteiger partial charge in [0.1, 0.15) is 22.3 Å². The Balaban J connectivity index is 0.940. The van der Waals surface area contributed by atoms with Gasteiger partial charge in [-0.05, 0) is 129 Å². The molecule has 2 aromatic heterocycles. The Morgan fingerprint density at radius 2 is 0.651 bits per heavy atom. The van der Waals surface area contributed by atoms with Crippen LogP contribution in [0.5, 0.6) is 0 Å². The normalized spacial score (nSPS) is 11.5. The second-order valence-corrected chi connectivity index (χ2v) is 16.1. The summed E-state index contributed by atoms with van der Waals surface area (Å²) in [6.07, 6.45) is 0. The summed E-state index contributed by atoms with van der Waals surface area (Å²) in [6, 6.07) is 84.2. The Labute approximate surface area is 365 Å². The van der Waals surface area contributed by atoms with E-state index in [-0.39, 0.29) is 0 Å². The predicted octanol–water partition coefficient (Wildman–Crippen LogP) is 17.3. The van der Waals surface area contributed by atoms with Crippen molar-refractivity contribution >= 4 is 60.9 Å². The molecule has 0 aliphatic rings. The molecule has 3 heteroatoms. The van der Waals surface area contributed by atoms with Crippen LogP contribution in [0.4, 0.5) is 17.1 Å². The van der Waals surface area contributed by atoms with Crippen LogP contribution in [-0.2, 0) is 0 Å². The first-order chi connectivity index (χ1) is 31.2. The molecule has 0 bridgehead atoms. The van der Waals surface area contributed by atoms with Crippen molar-refractivity contribution in [2.45, 2.75) is 0 Å². The van der Waals surface area contributed by atoms with E-state index >= 15 is 0 Å². The molecule has 0 amide bonds. The molecule has 0 aliphatic heterocycles. The molecule has 0 saturated carbocycles. The molecule has 0 atom stereocenters. The number of nitrogens with zero attached hydrogens (tertiary/aromatic N) is 1. The summed E-state index contributed by atoms with van der Waals surface area (Å²) >= 11 is 0. The molecular weight excluding hydrogens is 767 g/mol. The monoisotopic (exact) mass is 805 g/mol. The van der Waals surface area contributed by atoms with Gasteiger partial charge in [-0.3, -0.25) is 0 Å². The van der Waals surface area contributed by atoms with Crippen LogP contribution in [0.2, 0.25) is 0 Å². The van der Waals surface area contributed by atoms with E-state index in [4.69, 9.17) is 8.83 Å². The lowest BCUT2D eigenvalue weighted by Gasteiger charge is -2.26. The number of para-hydroxylation sites is 3. The van der Waals surface area contributed by atoms with E-state index in [1.807, 2.05) is 24.3 Å². The van der Waals surface area contributed by atoms with E-state index in [1.165, 1.54) is 27.8 Å². The zero-order chi connectivity index (χ0) is 41.7. The molecule has 2 heterocycles. The summed E-state index contributed by atoms with van der Waals surface area (Å²) in [6.45, 7) is 0. The minimum atomic E-state index is 0.897. The summed E-state index contributed by atoms with van der Waals surface area (Å²) in [5.74, 6) is 0. The van der Waals surface area contributed by atoms with E-state index in [1.54, 1.807) is 0 Å². The maximum absolute atomic E-state index is 6.44. The van der Waals surface area contributed by atoms with E-state index in [0.717, 1.165) is 88.8 Å². The molecule has 0 unspecified atom stereocenters. The lowest BCUT2D eigenvalue weighted by atomic mass is 9.93. The van der Waals surface area contributed by atoms with E-state index in [9.17, 15) is 0 Å². The van der Waals surface area contributed by atoms with Gasteiger partial charge in [-0.15, -0.1) is 0 Å². The van der Waals surface area contributed by atoms with Gasteiger partial charge in [-0.2, -0.15) is 0 Å². The van der Waals surface area contributed by atoms with E-state index in [0.29, 0.717) is 0 Å². The zero-order valence-corrected chi connectivity index (χ0v) is 34.3. The van der Waals surface area contributed by atoms with Crippen molar-refractivity contribution in [3.05, 3.63) is 237 Å². The first-order valence-corrected chi connectivity index (χ1v) is 21.4. The average molecular weight is 806 g/mol. The minimum Gasteiger partial charge on any atom is -0.456 e. The van der Waals surface area contributed by atoms with Crippen molar-refractivity contribution in [2.24, 2.45) is 0 Å². The number of furan rings is 2. The van der Waals surface area contributed by atoms with Gasteiger partial charge in [-0.25, -0.2) is 0 Å². The van der Waals surface area contributed by atoms with Crippen LogP contribution in [0.1, 0.15) is 0 Å². The van der Waals surface area contributed by atoms with Crippen molar-refractivity contribution in [3.63, 3.8) is 0 Å². The van der Waals surface area contributed by atoms with Crippen LogP contribution >= 0.6 is 0 Å². The predicted molar refractivity (Wildman–Crippen MR) is 263 cm³/mol. The molecular formula is C60H39NO2. The lowest BCUT2D eigenvalue weighted by molar-refractivity contribution is 0.669. The molecule has 0 radical (unpaired) electrons. The van der Waals surface area contributed by atoms with E-state index in [2.05, 4.69) is 217 Å². The number of fused-ring (bicyclic) bond motifs is 6. The first kappa shape index (κ1) is 36.5. The highest BCUT2D eigenvalue weighted by molar-refractivity contribution is 6.10. The van der Waals surface area contributed by atoms with Crippen LogP contribution in [0.3, 0.4) is 0 Å². The zero-order valence-electron chi connectivity index (χ0n) is 34.3. The highest BCUT2D eigenvalue weighted by Gasteiger charge is 2.17. The largest absolute Gasteiger partial charge is 0.456 e. The van der Waals surface area contributed by atoms with Crippen LogP contribution < -0.4 is 4.90 Å². The van der Waals surface area contributed by atoms with Crippen molar-refractivity contribution in [3.8, 4) is 55.6 Å². The highest BCUT2D eigenvalue weighted by Crippen LogP contribution is 2.41. The van der Waals surface area contributed by atoms with Gasteiger partial charge >= 0.3 is 0 Å². The SMILES string of the molecule is c1ccc(-c2cc(-c3ccccc3)cc(-c3ccc(N(c4ccc(-c5ccc6oc7ccccc7c6c5)cc4)c4ccc(-c5cccc6c5oc5ccccc56)cc4)cc3)c2)cc1. The van der Waals surface area contributed by atoms with Crippen molar-refractivity contribution in [2.75, 3.05) is 4.90 Å². The average Bonchev–Trinajstić information content (AvgIpc) is 3.94. The van der Waals surface area contributed by atoms with Gasteiger partial charge in [-0.1, -0.05) is 158 Å². The summed E-state index contributed by atoms with van der Waals surface area (Å²) in [5, 5.41) is 4.51. The number of benzene rings is 10. The Bertz CT molecular complexity index is 3530. The van der Waals surface area contributed by atoms with Gasteiger partial charge in [0.15, 0.2) is 0 Å². The number of hydrogen-bond acceptors (Lipinski definition) is 3. The highest BCUT2D eigenvalue weighted by atomic mass is 16.3. The minimum absolute atomic E-state index is 0.897. The van der Waals surface area contributed by atoms with Crippen LogP contribution in [0.15, 0.2) is 245 Å². The maximum atomic E-state index is 6.44. The lowest BCUT2D eigenvalue weighted by Crippen LogP contribution is -2.09. The number of rotatable bonds is 8. The third kappa shape index (κ3) is 6.64. The number of anilines is 3. The molecule has 0 fully saturated rings. The molecule has 296 valence electrons. The fourth-order valence-electron chi connectivity index (χ4n) is 9.11. The molecule has 3 nitrogen and oxygen atoms in total. The van der Waals surface area contributed by atoms with E-state index < -0.39 is 0 Å². The number of hydrogen-bond donors (Lipinski definition) is 0. The summed E-state index contributed by atoms with van der Waals surface area (Å²) in [5.41, 5.74) is 18.3. The topological polar surface area (TPSA) is 29.5 Å². The molecule has 12 rings (SSSR count). The fourth-order valence-corrected chi connectivity index (χ4v) is 9.11. The van der Waals surface area contributed by atoms with Crippen molar-refractivity contribution in [1.29, 1.82) is 0 Å².